The Hall–Kier alpha value is -3.11. The SMILES string of the molecule is CC.CC.CCc1ccc(OC)c(SNc2noc3cc(COCCNC(=O)OC(C)(C)C)cc(OC)c23)c1. The Morgan fingerprint density at radius 3 is 2.31 bits per heavy atom. The van der Waals surface area contributed by atoms with Crippen LogP contribution in [-0.2, 0) is 22.5 Å². The fraction of sp³-hybridized carbons (Fsp3) is 0.517. The molecule has 9 nitrogen and oxygen atoms in total. The highest BCUT2D eigenvalue weighted by molar-refractivity contribution is 8.00. The van der Waals surface area contributed by atoms with Gasteiger partial charge in [0.15, 0.2) is 11.4 Å². The van der Waals surface area contributed by atoms with Crippen LogP contribution in [0.1, 0.15) is 66.5 Å². The summed E-state index contributed by atoms with van der Waals surface area (Å²) >= 11 is 1.40. The van der Waals surface area contributed by atoms with Crippen molar-refractivity contribution in [1.29, 1.82) is 0 Å². The lowest BCUT2D eigenvalue weighted by Gasteiger charge is -2.19. The van der Waals surface area contributed by atoms with E-state index in [0.29, 0.717) is 36.9 Å². The third-order valence-corrected chi connectivity index (χ3v) is 5.73. The Labute approximate surface area is 237 Å². The van der Waals surface area contributed by atoms with Crippen molar-refractivity contribution in [2.24, 2.45) is 0 Å². The standard InChI is InChI=1S/C25H33N3O6S.2C2H6/c1-7-16-8-9-18(30-5)21(14-16)35-28-23-22-19(31-6)12-17(13-20(22)34-27-23)15-32-11-10-26-24(29)33-25(2,3)4;2*1-2/h8-9,12-14H,7,10-11,15H2,1-6H3,(H,26,29)(H,27,28);2*1-2H3. The summed E-state index contributed by atoms with van der Waals surface area (Å²) in [4.78, 5) is 12.6. The van der Waals surface area contributed by atoms with Gasteiger partial charge < -0.3 is 33.5 Å². The molecule has 39 heavy (non-hydrogen) atoms. The number of nitrogens with one attached hydrogen (secondary N) is 2. The van der Waals surface area contributed by atoms with E-state index < -0.39 is 11.7 Å². The third-order valence-electron chi connectivity index (χ3n) is 4.90. The Morgan fingerprint density at radius 2 is 1.69 bits per heavy atom. The molecule has 0 unspecified atom stereocenters. The minimum atomic E-state index is -0.536. The van der Waals surface area contributed by atoms with Crippen molar-refractivity contribution in [2.75, 3.05) is 32.1 Å². The first-order valence-electron chi connectivity index (χ1n) is 13.3. The summed E-state index contributed by atoms with van der Waals surface area (Å²) in [6, 6.07) is 9.84. The van der Waals surface area contributed by atoms with E-state index in [0.717, 1.165) is 28.0 Å². The summed E-state index contributed by atoms with van der Waals surface area (Å²) in [6.45, 7) is 16.5. The Bertz CT molecular complexity index is 1140. The van der Waals surface area contributed by atoms with Crippen LogP contribution in [0.4, 0.5) is 10.6 Å². The maximum absolute atomic E-state index is 11.7. The molecule has 0 aliphatic heterocycles. The van der Waals surface area contributed by atoms with Gasteiger partial charge in [-0.25, -0.2) is 4.79 Å². The van der Waals surface area contributed by atoms with Gasteiger partial charge in [-0.3, -0.25) is 0 Å². The average Bonchev–Trinajstić information content (AvgIpc) is 3.35. The van der Waals surface area contributed by atoms with Crippen LogP contribution in [0.15, 0.2) is 39.8 Å². The summed E-state index contributed by atoms with van der Waals surface area (Å²) in [5, 5.41) is 7.59. The molecule has 3 aromatic rings. The van der Waals surface area contributed by atoms with Crippen molar-refractivity contribution in [3.8, 4) is 11.5 Å². The number of amides is 1. The normalized spacial score (nSPS) is 10.5. The van der Waals surface area contributed by atoms with Crippen LogP contribution in [0.2, 0.25) is 0 Å². The predicted molar refractivity (Wildman–Crippen MR) is 159 cm³/mol. The maximum atomic E-state index is 11.7. The number of alkyl carbamates (subject to hydrolysis) is 1. The molecule has 2 aromatic carbocycles. The number of hydrogen-bond donors (Lipinski definition) is 2. The van der Waals surface area contributed by atoms with Crippen LogP contribution >= 0.6 is 11.9 Å². The summed E-state index contributed by atoms with van der Waals surface area (Å²) in [7, 11) is 3.25. The van der Waals surface area contributed by atoms with Crippen molar-refractivity contribution < 1.29 is 28.3 Å². The van der Waals surface area contributed by atoms with Gasteiger partial charge in [0, 0.05) is 6.54 Å². The van der Waals surface area contributed by atoms with Crippen molar-refractivity contribution in [3.63, 3.8) is 0 Å². The second-order valence-electron chi connectivity index (χ2n) is 8.73. The summed E-state index contributed by atoms with van der Waals surface area (Å²) in [5.41, 5.74) is 2.11. The Morgan fingerprint density at radius 1 is 1.00 bits per heavy atom. The zero-order valence-corrected chi connectivity index (χ0v) is 25.8. The topological polar surface area (TPSA) is 104 Å². The van der Waals surface area contributed by atoms with Crippen LogP contribution in [0.3, 0.4) is 0 Å². The second kappa shape index (κ2) is 17.5. The zero-order chi connectivity index (χ0) is 29.4. The third kappa shape index (κ3) is 10.9. The van der Waals surface area contributed by atoms with E-state index in [1.807, 2.05) is 66.7 Å². The van der Waals surface area contributed by atoms with E-state index in [9.17, 15) is 4.79 Å². The van der Waals surface area contributed by atoms with E-state index in [1.54, 1.807) is 14.2 Å². The molecule has 0 bridgehead atoms. The van der Waals surface area contributed by atoms with E-state index in [-0.39, 0.29) is 0 Å². The quantitative estimate of drug-likeness (QED) is 0.180. The van der Waals surface area contributed by atoms with E-state index in [2.05, 4.69) is 34.3 Å². The minimum Gasteiger partial charge on any atom is -0.496 e. The van der Waals surface area contributed by atoms with Gasteiger partial charge in [-0.05, 0) is 74.5 Å². The molecule has 1 amide bonds. The molecule has 0 fully saturated rings. The van der Waals surface area contributed by atoms with E-state index >= 15 is 0 Å². The number of methoxy groups -OCH3 is 2. The molecule has 218 valence electrons. The van der Waals surface area contributed by atoms with Gasteiger partial charge in [0.2, 0.25) is 0 Å². The Balaban J connectivity index is 0.00000181. The molecule has 0 aliphatic rings. The van der Waals surface area contributed by atoms with Gasteiger partial charge in [-0.15, -0.1) is 0 Å². The first kappa shape index (κ1) is 33.9. The summed E-state index contributed by atoms with van der Waals surface area (Å²) < 4.78 is 30.8. The van der Waals surface area contributed by atoms with Crippen LogP contribution in [0.5, 0.6) is 11.5 Å². The molecular formula is C29H45N3O6S. The highest BCUT2D eigenvalue weighted by Crippen LogP contribution is 2.37. The summed E-state index contributed by atoms with van der Waals surface area (Å²) in [5.74, 6) is 1.95. The fourth-order valence-corrected chi connectivity index (χ4v) is 4.07. The van der Waals surface area contributed by atoms with Crippen LogP contribution in [0.25, 0.3) is 11.0 Å². The van der Waals surface area contributed by atoms with Crippen LogP contribution < -0.4 is 19.5 Å². The van der Waals surface area contributed by atoms with Gasteiger partial charge in [-0.2, -0.15) is 0 Å². The number of rotatable bonds is 11. The molecule has 0 saturated carbocycles. The average molecular weight is 564 g/mol. The van der Waals surface area contributed by atoms with Gasteiger partial charge >= 0.3 is 6.09 Å². The number of aryl methyl sites for hydroxylation is 1. The lowest BCUT2D eigenvalue weighted by molar-refractivity contribution is 0.0494. The number of aromatic nitrogens is 1. The molecule has 2 N–H and O–H groups in total. The van der Waals surface area contributed by atoms with E-state index in [1.165, 1.54) is 17.5 Å². The summed E-state index contributed by atoms with van der Waals surface area (Å²) in [6.07, 6.45) is 0.461. The number of ether oxygens (including phenoxy) is 4. The molecule has 0 radical (unpaired) electrons. The molecule has 0 aliphatic carbocycles. The molecule has 1 aromatic heterocycles. The number of carbonyl (C=O) groups excluding carboxylic acids is 1. The maximum Gasteiger partial charge on any atom is 0.407 e. The monoisotopic (exact) mass is 563 g/mol. The molecule has 3 rings (SSSR count). The number of hydrogen-bond acceptors (Lipinski definition) is 9. The largest absolute Gasteiger partial charge is 0.496 e. The van der Waals surface area contributed by atoms with Crippen molar-refractivity contribution in [2.45, 2.75) is 78.9 Å². The molecule has 0 saturated heterocycles. The first-order valence-corrected chi connectivity index (χ1v) is 14.2. The molecule has 0 spiro atoms. The number of nitrogens with zero attached hydrogens (tertiary/aromatic N) is 1. The lowest BCUT2D eigenvalue weighted by atomic mass is 10.1. The van der Waals surface area contributed by atoms with Gasteiger partial charge in [-0.1, -0.05) is 45.8 Å². The van der Waals surface area contributed by atoms with E-state index in [4.69, 9.17) is 23.5 Å². The zero-order valence-electron chi connectivity index (χ0n) is 25.0. The molecular weight excluding hydrogens is 518 g/mol. The second-order valence-corrected chi connectivity index (χ2v) is 9.57. The number of carbonyl (C=O) groups is 1. The van der Waals surface area contributed by atoms with Gasteiger partial charge in [0.25, 0.3) is 0 Å². The lowest BCUT2D eigenvalue weighted by Crippen LogP contribution is -2.34. The smallest absolute Gasteiger partial charge is 0.407 e. The highest BCUT2D eigenvalue weighted by Gasteiger charge is 2.17. The number of anilines is 1. The Kier molecular flexibility index (Phi) is 15.2. The van der Waals surface area contributed by atoms with Crippen molar-refractivity contribution in [3.05, 3.63) is 41.5 Å². The number of fused-ring (bicyclic) bond motifs is 1. The van der Waals surface area contributed by atoms with Crippen LogP contribution in [-0.4, -0.2) is 44.2 Å². The molecule has 0 atom stereocenters. The minimum absolute atomic E-state index is 0.321. The van der Waals surface area contributed by atoms with Crippen molar-refractivity contribution >= 4 is 34.8 Å². The molecule has 10 heteroatoms. The van der Waals surface area contributed by atoms with Gasteiger partial charge in [0.05, 0.1) is 32.3 Å². The first-order chi connectivity index (χ1) is 18.7. The highest BCUT2D eigenvalue weighted by atomic mass is 32.2. The van der Waals surface area contributed by atoms with Gasteiger partial charge in [0.1, 0.15) is 22.5 Å². The molecule has 1 heterocycles. The van der Waals surface area contributed by atoms with Crippen LogP contribution in [0, 0.1) is 0 Å². The van der Waals surface area contributed by atoms with Crippen molar-refractivity contribution in [1.82, 2.24) is 10.5 Å². The predicted octanol–water partition coefficient (Wildman–Crippen LogP) is 7.62. The number of benzene rings is 2. The fourth-order valence-electron chi connectivity index (χ4n) is 3.26.